The van der Waals surface area contributed by atoms with Crippen LogP contribution in [0, 0.1) is 11.8 Å². The van der Waals surface area contributed by atoms with Crippen molar-refractivity contribution >= 4 is 56.4 Å². The van der Waals surface area contributed by atoms with E-state index in [4.69, 9.17) is 9.72 Å². The minimum absolute atomic E-state index is 0.00352. The van der Waals surface area contributed by atoms with Crippen LogP contribution in [-0.2, 0) is 48.7 Å². The van der Waals surface area contributed by atoms with Crippen LogP contribution in [0.2, 0.25) is 0 Å². The number of fused-ring (bicyclic) bond motifs is 5. The van der Waals surface area contributed by atoms with Gasteiger partial charge in [-0.05, 0) is 61.1 Å². The number of nitrogens with zero attached hydrogens (tertiary/aromatic N) is 3. The second kappa shape index (κ2) is 14.3. The molecule has 278 valence electrons. The molecule has 2 aliphatic carbocycles. The minimum Gasteiger partial charge on any atom is -0.444 e. The molecule has 2 saturated carbocycles. The molecule has 6 bridgehead atoms. The predicted molar refractivity (Wildman–Crippen MR) is 196 cm³/mol. The molecule has 5 aliphatic rings. The molecule has 0 spiro atoms. The first-order valence-corrected chi connectivity index (χ1v) is 20.6. The van der Waals surface area contributed by atoms with Crippen LogP contribution in [0.3, 0.4) is 0 Å². The molecule has 7 rings (SSSR count). The highest BCUT2D eigenvalue weighted by Crippen LogP contribution is 2.45. The summed E-state index contributed by atoms with van der Waals surface area (Å²) >= 11 is 1.42. The molecule has 2 aromatic rings. The zero-order chi connectivity index (χ0) is 36.8. The highest BCUT2D eigenvalue weighted by atomic mass is 32.2. The molecule has 3 aliphatic heterocycles. The van der Waals surface area contributed by atoms with E-state index in [1.807, 2.05) is 37.4 Å². The summed E-state index contributed by atoms with van der Waals surface area (Å²) in [5, 5.41) is 8.13. The number of aromatic nitrogens is 1. The van der Waals surface area contributed by atoms with Crippen LogP contribution in [-0.4, -0.2) is 82.5 Å². The molecular formula is C37H46N6O7S2. The number of hydrogen-bond acceptors (Lipinski definition) is 10. The number of sulfonamides is 1. The van der Waals surface area contributed by atoms with Gasteiger partial charge >= 0.3 is 6.09 Å². The summed E-state index contributed by atoms with van der Waals surface area (Å²) < 4.78 is 33.6. The number of hydrogen-bond donors (Lipinski definition) is 3. The number of benzene rings is 1. The van der Waals surface area contributed by atoms with Gasteiger partial charge in [0.25, 0.3) is 5.91 Å². The first-order chi connectivity index (χ1) is 24.9. The third-order valence-corrected chi connectivity index (χ3v) is 13.7. The number of aryl methyl sites for hydroxylation is 1. The van der Waals surface area contributed by atoms with Crippen molar-refractivity contribution in [3.8, 4) is 0 Å². The fraction of sp³-hybridized carbons (Fsp3) is 0.541. The average molecular weight is 751 g/mol. The third kappa shape index (κ3) is 7.21. The topological polar surface area (TPSA) is 167 Å². The molecule has 15 heteroatoms. The molecule has 1 saturated heterocycles. The van der Waals surface area contributed by atoms with Crippen LogP contribution in [0.4, 0.5) is 9.93 Å². The highest BCUT2D eigenvalue weighted by Gasteiger charge is 2.62. The van der Waals surface area contributed by atoms with E-state index in [1.165, 1.54) is 22.3 Å². The SMILES string of the molecule is C=C[C@@H]1C[C@]1(NC(=O)[C@@H]1C[C@@H]2CN1C(=O)[C@H]([C@H](C)CC)Nc1nc(cs1)CCC/C=C\c1cccc3c1CN(C3)C(=O)O2)C(=O)NS(=O)(=O)C1CC1. The predicted octanol–water partition coefficient (Wildman–Crippen LogP) is 4.11. The number of carbonyl (C=O) groups excluding carboxylic acids is 4. The summed E-state index contributed by atoms with van der Waals surface area (Å²) in [4.78, 5) is 63.8. The fourth-order valence-electron chi connectivity index (χ4n) is 7.44. The van der Waals surface area contributed by atoms with Crippen LogP contribution >= 0.6 is 11.3 Å². The molecule has 4 heterocycles. The molecule has 0 radical (unpaired) electrons. The lowest BCUT2D eigenvalue weighted by molar-refractivity contribution is -0.141. The molecule has 1 aromatic heterocycles. The zero-order valence-electron chi connectivity index (χ0n) is 29.5. The van der Waals surface area contributed by atoms with Gasteiger partial charge < -0.3 is 20.3 Å². The van der Waals surface area contributed by atoms with Gasteiger partial charge in [-0.1, -0.05) is 56.7 Å². The van der Waals surface area contributed by atoms with Crippen molar-refractivity contribution in [2.45, 2.75) is 107 Å². The Hall–Kier alpha value is -4.24. The van der Waals surface area contributed by atoms with Crippen LogP contribution in [0.15, 0.2) is 42.3 Å². The standard InChI is InChI=1S/C37H46N6O7S2/c1-4-22(3)31-33(45)43-19-27(16-30(43)32(44)40-37(17-25(37)5-2)34(46)41-52(48,49)28-14-15-28)50-36(47)42-18-24-12-9-11-23(29(24)20-42)10-7-6-8-13-26-21-51-35(38-26)39-31/h5,7,9-12,21-22,25,27-28,30-31H,2,4,6,8,13-20H2,1,3H3,(H,38,39)(H,40,44)(H,41,46)/b10-7-/t22-,25-,27-,30+,31+,37-/m1/s1. The molecule has 52 heavy (non-hydrogen) atoms. The molecule has 4 amide bonds. The van der Waals surface area contributed by atoms with E-state index in [0.717, 1.165) is 41.6 Å². The van der Waals surface area contributed by atoms with Gasteiger partial charge in [0.15, 0.2) is 5.13 Å². The Morgan fingerprint density at radius 2 is 2.06 bits per heavy atom. The van der Waals surface area contributed by atoms with Crippen LogP contribution < -0.4 is 15.4 Å². The van der Waals surface area contributed by atoms with Gasteiger partial charge in [-0.2, -0.15) is 0 Å². The molecule has 3 fully saturated rings. The Morgan fingerprint density at radius 1 is 1.25 bits per heavy atom. The van der Waals surface area contributed by atoms with Crippen LogP contribution in [0.1, 0.15) is 81.2 Å². The van der Waals surface area contributed by atoms with Crippen molar-refractivity contribution in [1.29, 1.82) is 0 Å². The van der Waals surface area contributed by atoms with Gasteiger partial charge in [0.05, 0.1) is 24.0 Å². The van der Waals surface area contributed by atoms with Gasteiger partial charge in [0.1, 0.15) is 23.7 Å². The largest absolute Gasteiger partial charge is 0.444 e. The summed E-state index contributed by atoms with van der Waals surface area (Å²) in [5.41, 5.74) is 2.56. The lowest BCUT2D eigenvalue weighted by Crippen LogP contribution is -2.58. The number of rotatable bonds is 8. The summed E-state index contributed by atoms with van der Waals surface area (Å²) in [5.74, 6) is -2.44. The van der Waals surface area contributed by atoms with Gasteiger partial charge in [-0.3, -0.25) is 24.0 Å². The van der Waals surface area contributed by atoms with E-state index in [2.05, 4.69) is 34.1 Å². The van der Waals surface area contributed by atoms with E-state index >= 15 is 0 Å². The van der Waals surface area contributed by atoms with Crippen LogP contribution in [0.5, 0.6) is 0 Å². The molecule has 0 unspecified atom stereocenters. The van der Waals surface area contributed by atoms with Crippen molar-refractivity contribution in [2.24, 2.45) is 11.8 Å². The fourth-order valence-corrected chi connectivity index (χ4v) is 9.59. The maximum absolute atomic E-state index is 14.6. The van der Waals surface area contributed by atoms with Gasteiger partial charge in [0, 0.05) is 24.3 Å². The van der Waals surface area contributed by atoms with E-state index in [9.17, 15) is 27.6 Å². The first-order valence-electron chi connectivity index (χ1n) is 18.2. The Labute approximate surface area is 308 Å². The minimum atomic E-state index is -3.88. The summed E-state index contributed by atoms with van der Waals surface area (Å²) in [6, 6.07) is 4.19. The Morgan fingerprint density at radius 3 is 2.79 bits per heavy atom. The zero-order valence-corrected chi connectivity index (χ0v) is 31.1. The second-order valence-corrected chi connectivity index (χ2v) is 17.5. The van der Waals surface area contributed by atoms with Crippen molar-refractivity contribution in [3.63, 3.8) is 0 Å². The summed E-state index contributed by atoms with van der Waals surface area (Å²) in [6.07, 6.45) is 8.73. The molecule has 3 N–H and O–H groups in total. The molecule has 6 atom stereocenters. The van der Waals surface area contributed by atoms with Crippen molar-refractivity contribution in [1.82, 2.24) is 24.8 Å². The molecular weight excluding hydrogens is 705 g/mol. The van der Waals surface area contributed by atoms with E-state index < -0.39 is 62.8 Å². The van der Waals surface area contributed by atoms with Crippen molar-refractivity contribution in [3.05, 3.63) is 64.7 Å². The first kappa shape index (κ1) is 36.1. The lowest BCUT2D eigenvalue weighted by Gasteiger charge is -2.32. The maximum atomic E-state index is 14.6. The van der Waals surface area contributed by atoms with Crippen LogP contribution in [0.25, 0.3) is 6.08 Å². The maximum Gasteiger partial charge on any atom is 0.410 e. The van der Waals surface area contributed by atoms with E-state index in [1.54, 1.807) is 4.90 Å². The normalized spacial score (nSPS) is 28.7. The average Bonchev–Trinajstić information content (AvgIpc) is 3.94. The number of anilines is 1. The number of amides is 4. The third-order valence-electron chi connectivity index (χ3n) is 11.1. The molecule has 1 aromatic carbocycles. The number of allylic oxidation sites excluding steroid dienone is 1. The van der Waals surface area contributed by atoms with Crippen molar-refractivity contribution < 1.29 is 32.3 Å². The quantitative estimate of drug-likeness (QED) is 0.337. The summed E-state index contributed by atoms with van der Waals surface area (Å²) in [7, 11) is -3.88. The summed E-state index contributed by atoms with van der Waals surface area (Å²) in [6.45, 7) is 8.44. The Bertz CT molecular complexity index is 1910. The van der Waals surface area contributed by atoms with Gasteiger partial charge in [-0.15, -0.1) is 17.9 Å². The molecule has 13 nitrogen and oxygen atoms in total. The highest BCUT2D eigenvalue weighted by molar-refractivity contribution is 7.91. The van der Waals surface area contributed by atoms with Gasteiger partial charge in [-0.25, -0.2) is 18.2 Å². The number of carbonyl (C=O) groups is 4. The number of ether oxygens (including phenoxy) is 1. The Balaban J connectivity index is 1.18. The van der Waals surface area contributed by atoms with E-state index in [0.29, 0.717) is 37.5 Å². The Kier molecular flexibility index (Phi) is 9.93. The number of nitrogens with one attached hydrogen (secondary N) is 3. The number of thiazole rings is 1. The van der Waals surface area contributed by atoms with E-state index in [-0.39, 0.29) is 31.2 Å². The smallest absolute Gasteiger partial charge is 0.410 e. The monoisotopic (exact) mass is 750 g/mol. The van der Waals surface area contributed by atoms with Crippen molar-refractivity contribution in [2.75, 3.05) is 11.9 Å². The second-order valence-electron chi connectivity index (χ2n) is 14.7. The lowest BCUT2D eigenvalue weighted by atomic mass is 9.97. The van der Waals surface area contributed by atoms with Gasteiger partial charge in [0.2, 0.25) is 21.8 Å².